The predicted octanol–water partition coefficient (Wildman–Crippen LogP) is 5.47. The zero-order valence-corrected chi connectivity index (χ0v) is 21.7. The maximum Gasteiger partial charge on any atom is 0.295 e. The number of aliphatic hydroxyl groups is 1. The molecule has 0 aromatic heterocycles. The fourth-order valence-corrected chi connectivity index (χ4v) is 5.18. The van der Waals surface area contributed by atoms with E-state index >= 15 is 0 Å². The number of Topliss-reactive ketones (excluding diaryl/α,β-unsaturated/α-hetero) is 1. The maximum absolute atomic E-state index is 13.3. The highest BCUT2D eigenvalue weighted by Gasteiger charge is 2.46. The summed E-state index contributed by atoms with van der Waals surface area (Å²) in [6.07, 6.45) is 1.46. The van der Waals surface area contributed by atoms with Crippen molar-refractivity contribution in [1.29, 1.82) is 0 Å². The Morgan fingerprint density at radius 1 is 1.11 bits per heavy atom. The molecule has 0 bridgehead atoms. The normalized spacial score (nSPS) is 21.0. The predicted molar refractivity (Wildman–Crippen MR) is 138 cm³/mol. The van der Waals surface area contributed by atoms with Gasteiger partial charge in [0.1, 0.15) is 17.6 Å². The topological polar surface area (TPSA) is 70.1 Å². The molecule has 1 amide bonds. The first-order chi connectivity index (χ1) is 16.7. The molecule has 0 spiro atoms. The van der Waals surface area contributed by atoms with Crippen molar-refractivity contribution in [1.82, 2.24) is 9.80 Å². The number of amides is 1. The molecule has 8 heteroatoms. The summed E-state index contributed by atoms with van der Waals surface area (Å²) < 4.78 is 5.76. The van der Waals surface area contributed by atoms with Crippen molar-refractivity contribution in [3.63, 3.8) is 0 Å². The van der Waals surface area contributed by atoms with Gasteiger partial charge in [0.15, 0.2) is 0 Å². The minimum Gasteiger partial charge on any atom is -0.507 e. The lowest BCUT2D eigenvalue weighted by Crippen LogP contribution is -2.33. The van der Waals surface area contributed by atoms with Crippen LogP contribution in [0.15, 0.2) is 42.0 Å². The third-order valence-corrected chi connectivity index (χ3v) is 7.48. The molecule has 4 rings (SSSR count). The van der Waals surface area contributed by atoms with Crippen LogP contribution < -0.4 is 4.74 Å². The Morgan fingerprint density at radius 2 is 1.86 bits per heavy atom. The van der Waals surface area contributed by atoms with E-state index in [-0.39, 0.29) is 17.4 Å². The van der Waals surface area contributed by atoms with E-state index in [1.54, 1.807) is 30.3 Å². The van der Waals surface area contributed by atoms with Gasteiger partial charge in [-0.3, -0.25) is 9.59 Å². The number of ether oxygens (including phenoxy) is 1. The number of carbonyl (C=O) groups excluding carboxylic acids is 2. The number of hydrogen-bond donors (Lipinski definition) is 1. The molecule has 0 saturated carbocycles. The molecule has 0 unspecified atom stereocenters. The summed E-state index contributed by atoms with van der Waals surface area (Å²) in [6.45, 7) is 9.15. The molecule has 2 aromatic rings. The summed E-state index contributed by atoms with van der Waals surface area (Å²) in [4.78, 5) is 30.2. The molecular weight excluding hydrogens is 487 g/mol. The number of carbonyl (C=O) groups is 2. The van der Waals surface area contributed by atoms with E-state index in [0.717, 1.165) is 30.9 Å². The van der Waals surface area contributed by atoms with Crippen molar-refractivity contribution in [3.05, 3.63) is 68.7 Å². The summed E-state index contributed by atoms with van der Waals surface area (Å²) >= 11 is 12.4. The highest BCUT2D eigenvalue weighted by molar-refractivity contribution is 6.46. The summed E-state index contributed by atoms with van der Waals surface area (Å²) in [6, 6.07) is 9.62. The highest BCUT2D eigenvalue weighted by Crippen LogP contribution is 2.42. The fourth-order valence-electron chi connectivity index (χ4n) is 4.87. The van der Waals surface area contributed by atoms with Crippen LogP contribution in [0, 0.1) is 0 Å². The summed E-state index contributed by atoms with van der Waals surface area (Å²) in [5.41, 5.74) is 2.12. The molecule has 1 N–H and O–H groups in total. The van der Waals surface area contributed by atoms with Gasteiger partial charge in [0.25, 0.3) is 11.7 Å². The number of benzene rings is 2. The largest absolute Gasteiger partial charge is 0.507 e. The quantitative estimate of drug-likeness (QED) is 0.286. The average molecular weight is 517 g/mol. The number of hydrogen-bond acceptors (Lipinski definition) is 5. The van der Waals surface area contributed by atoms with Crippen LogP contribution in [0.2, 0.25) is 10.0 Å². The van der Waals surface area contributed by atoms with Crippen LogP contribution in [-0.2, 0) is 16.0 Å². The molecule has 1 saturated heterocycles. The standard InChI is InChI=1S/C27H30Cl2N2O4/c1-4-30(5-2)11-6-12-31-24(17-7-9-20(28)21(29)15-17)23(26(33)27(31)34)25(32)18-8-10-22-19(14-18)13-16(3)35-22/h7-10,14-16,24,32H,4-6,11-13H2,1-3H3/t16-,24+/m1/s1. The first-order valence-electron chi connectivity index (χ1n) is 12.0. The van der Waals surface area contributed by atoms with Gasteiger partial charge in [-0.05, 0) is 74.4 Å². The second-order valence-corrected chi connectivity index (χ2v) is 9.82. The Hall–Kier alpha value is -2.54. The van der Waals surface area contributed by atoms with E-state index in [0.29, 0.717) is 40.6 Å². The Morgan fingerprint density at radius 3 is 2.54 bits per heavy atom. The van der Waals surface area contributed by atoms with Crippen molar-refractivity contribution in [3.8, 4) is 5.75 Å². The summed E-state index contributed by atoms with van der Waals surface area (Å²) in [5, 5.41) is 12.0. The van der Waals surface area contributed by atoms with Crippen LogP contribution >= 0.6 is 23.2 Å². The number of rotatable bonds is 8. The zero-order chi connectivity index (χ0) is 25.3. The van der Waals surface area contributed by atoms with E-state index in [1.165, 1.54) is 4.90 Å². The van der Waals surface area contributed by atoms with Crippen molar-refractivity contribution in [2.75, 3.05) is 26.2 Å². The van der Waals surface area contributed by atoms with Crippen LogP contribution in [0.5, 0.6) is 5.75 Å². The van der Waals surface area contributed by atoms with Crippen molar-refractivity contribution in [2.24, 2.45) is 0 Å². The van der Waals surface area contributed by atoms with Gasteiger partial charge in [0, 0.05) is 18.5 Å². The molecule has 1 fully saturated rings. The summed E-state index contributed by atoms with van der Waals surface area (Å²) in [5.74, 6) is -0.758. The van der Waals surface area contributed by atoms with E-state index in [4.69, 9.17) is 27.9 Å². The lowest BCUT2D eigenvalue weighted by molar-refractivity contribution is -0.140. The molecule has 2 aliphatic rings. The number of halogens is 2. The number of aliphatic hydroxyl groups excluding tert-OH is 1. The molecule has 2 heterocycles. The Labute approximate surface area is 216 Å². The SMILES string of the molecule is CCN(CC)CCCN1C(=O)C(=O)C(=C(O)c2ccc3c(c2)C[C@@H](C)O3)[C@@H]1c1ccc(Cl)c(Cl)c1. The molecular formula is C27H30Cl2N2O4. The monoisotopic (exact) mass is 516 g/mol. The minimum atomic E-state index is -0.759. The Bertz CT molecular complexity index is 1180. The van der Waals surface area contributed by atoms with Gasteiger partial charge in [-0.2, -0.15) is 0 Å². The molecule has 6 nitrogen and oxygen atoms in total. The molecule has 0 radical (unpaired) electrons. The van der Waals surface area contributed by atoms with E-state index in [1.807, 2.05) is 13.0 Å². The first-order valence-corrected chi connectivity index (χ1v) is 12.8. The molecule has 186 valence electrons. The number of fused-ring (bicyclic) bond motifs is 1. The van der Waals surface area contributed by atoms with Gasteiger partial charge in [0.2, 0.25) is 0 Å². The lowest BCUT2D eigenvalue weighted by atomic mass is 9.94. The fraction of sp³-hybridized carbons (Fsp3) is 0.407. The minimum absolute atomic E-state index is 0.0509. The summed E-state index contributed by atoms with van der Waals surface area (Å²) in [7, 11) is 0. The molecule has 2 aliphatic heterocycles. The lowest BCUT2D eigenvalue weighted by Gasteiger charge is -2.27. The Balaban J connectivity index is 1.75. The Kier molecular flexibility index (Phi) is 7.74. The van der Waals surface area contributed by atoms with Gasteiger partial charge in [-0.25, -0.2) is 0 Å². The molecule has 0 aliphatic carbocycles. The number of nitrogens with zero attached hydrogens (tertiary/aromatic N) is 2. The van der Waals surface area contributed by atoms with Crippen LogP contribution in [0.3, 0.4) is 0 Å². The van der Waals surface area contributed by atoms with E-state index < -0.39 is 17.7 Å². The van der Waals surface area contributed by atoms with Gasteiger partial charge in [-0.15, -0.1) is 0 Å². The zero-order valence-electron chi connectivity index (χ0n) is 20.2. The van der Waals surface area contributed by atoms with Gasteiger partial charge in [0.05, 0.1) is 21.7 Å². The van der Waals surface area contributed by atoms with E-state index in [9.17, 15) is 14.7 Å². The second kappa shape index (κ2) is 10.6. The van der Waals surface area contributed by atoms with Crippen LogP contribution in [0.4, 0.5) is 0 Å². The first kappa shape index (κ1) is 25.5. The maximum atomic E-state index is 13.3. The van der Waals surface area contributed by atoms with Crippen molar-refractivity contribution in [2.45, 2.75) is 45.8 Å². The van der Waals surface area contributed by atoms with Gasteiger partial charge >= 0.3 is 0 Å². The van der Waals surface area contributed by atoms with Crippen LogP contribution in [0.25, 0.3) is 5.76 Å². The second-order valence-electron chi connectivity index (χ2n) is 9.00. The van der Waals surface area contributed by atoms with Gasteiger partial charge < -0.3 is 19.6 Å². The van der Waals surface area contributed by atoms with Gasteiger partial charge in [-0.1, -0.05) is 43.1 Å². The smallest absolute Gasteiger partial charge is 0.295 e. The highest BCUT2D eigenvalue weighted by atomic mass is 35.5. The third-order valence-electron chi connectivity index (χ3n) is 6.74. The molecule has 2 atom stereocenters. The van der Waals surface area contributed by atoms with Crippen LogP contribution in [-0.4, -0.2) is 58.9 Å². The average Bonchev–Trinajstić information content (AvgIpc) is 3.34. The van der Waals surface area contributed by atoms with Crippen molar-refractivity contribution >= 4 is 40.7 Å². The third kappa shape index (κ3) is 5.06. The van der Waals surface area contributed by atoms with Crippen molar-refractivity contribution < 1.29 is 19.4 Å². The number of ketones is 1. The number of likely N-dealkylation sites (tertiary alicyclic amines) is 1. The molecule has 35 heavy (non-hydrogen) atoms. The van der Waals surface area contributed by atoms with E-state index in [2.05, 4.69) is 18.7 Å². The van der Waals surface area contributed by atoms with Crippen LogP contribution in [0.1, 0.15) is 49.9 Å². The molecule has 2 aromatic carbocycles.